The number of carbonyl (C=O) groups is 1. The number of Topliss-reactive ketones (excluding diaryl/α,β-unsaturated/α-hetero) is 1. The highest BCUT2D eigenvalue weighted by atomic mass is 19.1. The number of nitrogens with zero attached hydrogens (tertiary/aromatic N) is 5. The Bertz CT molecular complexity index is 1920. The van der Waals surface area contributed by atoms with E-state index < -0.39 is 11.4 Å². The molecule has 0 spiro atoms. The first-order valence-corrected chi connectivity index (χ1v) is 12.6. The van der Waals surface area contributed by atoms with E-state index in [4.69, 9.17) is 4.74 Å². The van der Waals surface area contributed by atoms with Gasteiger partial charge in [-0.3, -0.25) is 19.3 Å². The summed E-state index contributed by atoms with van der Waals surface area (Å²) < 4.78 is 26.0. The van der Waals surface area contributed by atoms with Crippen molar-refractivity contribution in [1.82, 2.24) is 24.0 Å². The normalized spacial score (nSPS) is 11.2. The average molecular weight is 534 g/mol. The zero-order valence-electron chi connectivity index (χ0n) is 21.8. The third kappa shape index (κ3) is 4.37. The first-order chi connectivity index (χ1) is 19.4. The highest BCUT2D eigenvalue weighted by Crippen LogP contribution is 2.35. The minimum Gasteiger partial charge on any atom is -0.452 e. The van der Waals surface area contributed by atoms with Crippen molar-refractivity contribution in [3.05, 3.63) is 131 Å². The summed E-state index contributed by atoms with van der Waals surface area (Å²) in [7, 11) is 1.73. The van der Waals surface area contributed by atoms with Crippen molar-refractivity contribution in [1.29, 1.82) is 0 Å². The van der Waals surface area contributed by atoms with Crippen LogP contribution in [0.2, 0.25) is 0 Å². The molecule has 9 heteroatoms. The summed E-state index contributed by atoms with van der Waals surface area (Å²) in [6, 6.07) is 20.8. The molecule has 0 N–H and O–H groups in total. The van der Waals surface area contributed by atoms with Crippen LogP contribution in [0, 0.1) is 12.7 Å². The molecule has 0 saturated carbocycles. The van der Waals surface area contributed by atoms with Gasteiger partial charge in [0.2, 0.25) is 0 Å². The number of ether oxygens (including phenoxy) is 1. The Labute approximate surface area is 228 Å². The van der Waals surface area contributed by atoms with Crippen LogP contribution in [0.4, 0.5) is 4.39 Å². The van der Waals surface area contributed by atoms with Gasteiger partial charge >= 0.3 is 0 Å². The van der Waals surface area contributed by atoms with E-state index in [2.05, 4.69) is 10.1 Å². The van der Waals surface area contributed by atoms with Gasteiger partial charge in [0.15, 0.2) is 23.1 Å². The van der Waals surface area contributed by atoms with Gasteiger partial charge in [0, 0.05) is 49.4 Å². The Balaban J connectivity index is 1.27. The van der Waals surface area contributed by atoms with Gasteiger partial charge in [0.05, 0.1) is 11.9 Å². The summed E-state index contributed by atoms with van der Waals surface area (Å²) in [5.41, 5.74) is 3.78. The molecule has 0 aliphatic carbocycles. The van der Waals surface area contributed by atoms with Gasteiger partial charge < -0.3 is 4.74 Å². The summed E-state index contributed by atoms with van der Waals surface area (Å²) in [5.74, 6) is -0.569. The molecule has 4 aromatic heterocycles. The van der Waals surface area contributed by atoms with E-state index in [0.29, 0.717) is 28.2 Å². The quantitative estimate of drug-likeness (QED) is 0.251. The largest absolute Gasteiger partial charge is 0.452 e. The number of pyridine rings is 1. The molecule has 198 valence electrons. The van der Waals surface area contributed by atoms with E-state index >= 15 is 4.39 Å². The van der Waals surface area contributed by atoms with E-state index in [9.17, 15) is 9.59 Å². The predicted octanol–water partition coefficient (Wildman–Crippen LogP) is 5.55. The lowest BCUT2D eigenvalue weighted by Crippen LogP contribution is -2.23. The van der Waals surface area contributed by atoms with Crippen LogP contribution in [0.5, 0.6) is 11.5 Å². The van der Waals surface area contributed by atoms with Crippen molar-refractivity contribution in [2.45, 2.75) is 13.3 Å². The fourth-order valence-electron chi connectivity index (χ4n) is 4.88. The van der Waals surface area contributed by atoms with Crippen molar-refractivity contribution < 1.29 is 13.9 Å². The number of rotatable bonds is 7. The maximum atomic E-state index is 15.2. The van der Waals surface area contributed by atoms with Crippen molar-refractivity contribution >= 4 is 11.3 Å². The van der Waals surface area contributed by atoms with Crippen LogP contribution in [0.3, 0.4) is 0 Å². The van der Waals surface area contributed by atoms with Crippen molar-refractivity contribution in [3.63, 3.8) is 0 Å². The highest BCUT2D eigenvalue weighted by Gasteiger charge is 2.23. The third-order valence-corrected chi connectivity index (χ3v) is 6.92. The van der Waals surface area contributed by atoms with Crippen molar-refractivity contribution in [3.8, 4) is 28.3 Å². The fourth-order valence-corrected chi connectivity index (χ4v) is 4.88. The Morgan fingerprint density at radius 2 is 1.73 bits per heavy atom. The molecule has 0 bridgehead atoms. The lowest BCUT2D eigenvalue weighted by molar-refractivity contribution is 0.0991. The summed E-state index contributed by atoms with van der Waals surface area (Å²) in [6.07, 6.45) is 6.65. The van der Waals surface area contributed by atoms with Crippen LogP contribution in [-0.4, -0.2) is 29.7 Å². The molecule has 6 aromatic rings. The van der Waals surface area contributed by atoms with E-state index in [1.54, 1.807) is 72.2 Å². The minimum atomic E-state index is -0.622. The summed E-state index contributed by atoms with van der Waals surface area (Å²) in [5, 5.41) is 4.33. The number of carbonyl (C=O) groups excluding carboxylic acids is 1. The van der Waals surface area contributed by atoms with E-state index in [0.717, 1.165) is 11.1 Å². The first-order valence-electron chi connectivity index (χ1n) is 12.6. The molecule has 8 nitrogen and oxygen atoms in total. The number of hydrogen-bond donors (Lipinski definition) is 0. The molecule has 0 fully saturated rings. The second-order valence-corrected chi connectivity index (χ2v) is 9.36. The summed E-state index contributed by atoms with van der Waals surface area (Å²) in [4.78, 5) is 30.5. The van der Waals surface area contributed by atoms with E-state index in [1.165, 1.54) is 16.8 Å². The topological polar surface area (TPSA) is 83.4 Å². The van der Waals surface area contributed by atoms with E-state index in [1.807, 2.05) is 36.4 Å². The number of fused-ring (bicyclic) bond motifs is 1. The summed E-state index contributed by atoms with van der Waals surface area (Å²) >= 11 is 0. The molecule has 0 atom stereocenters. The Morgan fingerprint density at radius 1 is 0.950 bits per heavy atom. The van der Waals surface area contributed by atoms with Crippen LogP contribution in [-0.2, 0) is 13.5 Å². The molecule has 0 amide bonds. The second kappa shape index (κ2) is 10.1. The van der Waals surface area contributed by atoms with Crippen LogP contribution in [0.25, 0.3) is 22.3 Å². The SMILES string of the molecule is Cc1c(C(=O)Cc2ccc(Oc3ccnn4ccc(-c5ccncc5)c34)c(F)c2)c(=O)n(-c2ccccc2)n1C. The van der Waals surface area contributed by atoms with Crippen LogP contribution >= 0.6 is 0 Å². The van der Waals surface area contributed by atoms with Gasteiger partial charge in [0.25, 0.3) is 5.56 Å². The molecule has 0 aliphatic rings. The van der Waals surface area contributed by atoms with Crippen LogP contribution in [0.15, 0.2) is 102 Å². The van der Waals surface area contributed by atoms with Gasteiger partial charge in [-0.1, -0.05) is 24.3 Å². The van der Waals surface area contributed by atoms with Gasteiger partial charge in [0.1, 0.15) is 11.1 Å². The van der Waals surface area contributed by atoms with Crippen molar-refractivity contribution in [2.24, 2.45) is 7.05 Å². The van der Waals surface area contributed by atoms with Gasteiger partial charge in [-0.25, -0.2) is 13.6 Å². The fraction of sp³-hybridized carbons (Fsp3) is 0.0968. The third-order valence-electron chi connectivity index (χ3n) is 6.92. The van der Waals surface area contributed by atoms with Crippen molar-refractivity contribution in [2.75, 3.05) is 0 Å². The maximum absolute atomic E-state index is 15.2. The molecule has 0 saturated heterocycles. The van der Waals surface area contributed by atoms with Crippen LogP contribution in [0.1, 0.15) is 21.6 Å². The Morgan fingerprint density at radius 3 is 2.48 bits per heavy atom. The van der Waals surface area contributed by atoms with E-state index in [-0.39, 0.29) is 23.5 Å². The zero-order valence-corrected chi connectivity index (χ0v) is 21.8. The molecule has 2 aromatic carbocycles. The molecule has 40 heavy (non-hydrogen) atoms. The standard InChI is InChI=1S/C31H24FN5O3/c1-20-29(31(39)37(35(20)2)23-6-4-3-5-7-23)26(38)19-21-8-9-27(25(32)18-21)40-28-12-16-34-36-17-13-24(30(28)36)22-10-14-33-15-11-22/h3-18H,19H2,1-2H3. The van der Waals surface area contributed by atoms with Gasteiger partial charge in [-0.2, -0.15) is 5.10 Å². The van der Waals surface area contributed by atoms with Crippen LogP contribution < -0.4 is 10.3 Å². The lowest BCUT2D eigenvalue weighted by Gasteiger charge is -2.11. The van der Waals surface area contributed by atoms with Gasteiger partial charge in [-0.05, 0) is 60.5 Å². The molecule has 6 rings (SSSR count). The second-order valence-electron chi connectivity index (χ2n) is 9.36. The molecular weight excluding hydrogens is 509 g/mol. The molecule has 0 unspecified atom stereocenters. The number of halogens is 1. The molecule has 0 aliphatic heterocycles. The predicted molar refractivity (Wildman–Crippen MR) is 149 cm³/mol. The average Bonchev–Trinajstić information content (AvgIpc) is 3.50. The van der Waals surface area contributed by atoms with Gasteiger partial charge in [-0.15, -0.1) is 0 Å². The number of aromatic nitrogens is 5. The molecular formula is C31H24FN5O3. The summed E-state index contributed by atoms with van der Waals surface area (Å²) in [6.45, 7) is 1.73. The minimum absolute atomic E-state index is 0.00787. The Kier molecular flexibility index (Phi) is 6.31. The highest BCUT2D eigenvalue weighted by molar-refractivity contribution is 5.98. The lowest BCUT2D eigenvalue weighted by atomic mass is 10.0. The molecule has 0 radical (unpaired) electrons. The Hall–Kier alpha value is -5.31. The zero-order chi connectivity index (χ0) is 27.8. The number of benzene rings is 2. The molecule has 4 heterocycles. The number of hydrogen-bond acceptors (Lipinski definition) is 5. The monoisotopic (exact) mass is 533 g/mol. The number of ketones is 1. The smallest absolute Gasteiger partial charge is 0.282 e. The number of para-hydroxylation sites is 1. The first kappa shape index (κ1) is 25.0. The maximum Gasteiger partial charge on any atom is 0.282 e.